The Morgan fingerprint density at radius 3 is 1.62 bits per heavy atom. The minimum absolute atomic E-state index is 0.674. The third-order valence-corrected chi connectivity index (χ3v) is 3.20. The van der Waals surface area contributed by atoms with E-state index in [2.05, 4.69) is 0 Å². The van der Waals surface area contributed by atoms with Crippen molar-refractivity contribution in [3.05, 3.63) is 53.6 Å². The zero-order valence-electron chi connectivity index (χ0n) is 12.0. The third-order valence-electron chi connectivity index (χ3n) is 2.95. The van der Waals surface area contributed by atoms with E-state index in [9.17, 15) is 0 Å². The second-order valence-corrected chi connectivity index (χ2v) is 4.97. The van der Waals surface area contributed by atoms with Gasteiger partial charge in [-0.25, -0.2) is 0 Å². The highest BCUT2D eigenvalue weighted by Crippen LogP contribution is 2.18. The number of rotatable bonds is 8. The highest BCUT2D eigenvalue weighted by molar-refractivity contribution is 6.30. The van der Waals surface area contributed by atoms with Crippen LogP contribution in [0.25, 0.3) is 0 Å². The Hall–Kier alpha value is -1.87. The van der Waals surface area contributed by atoms with Gasteiger partial charge >= 0.3 is 0 Å². The molecule has 3 nitrogen and oxygen atoms in total. The van der Waals surface area contributed by atoms with E-state index in [-0.39, 0.29) is 0 Å². The minimum atomic E-state index is 0.674. The van der Waals surface area contributed by atoms with Crippen LogP contribution in [0.2, 0.25) is 5.02 Å². The smallest absolute Gasteiger partial charge is 0.119 e. The molecular weight excluding hydrogens is 288 g/mol. The zero-order chi connectivity index (χ0) is 14.9. The maximum Gasteiger partial charge on any atom is 0.119 e. The van der Waals surface area contributed by atoms with E-state index in [0.717, 1.165) is 35.1 Å². The van der Waals surface area contributed by atoms with Gasteiger partial charge in [-0.3, -0.25) is 0 Å². The van der Waals surface area contributed by atoms with E-state index >= 15 is 0 Å². The van der Waals surface area contributed by atoms with E-state index in [4.69, 9.17) is 25.8 Å². The van der Waals surface area contributed by atoms with Gasteiger partial charge in [-0.05, 0) is 61.4 Å². The first-order valence-electron chi connectivity index (χ1n) is 6.93. The summed E-state index contributed by atoms with van der Waals surface area (Å²) in [6.07, 6.45) is 1.89. The van der Waals surface area contributed by atoms with Crippen molar-refractivity contribution in [3.63, 3.8) is 0 Å². The van der Waals surface area contributed by atoms with E-state index < -0.39 is 0 Å². The number of hydrogen-bond donors (Lipinski definition) is 0. The summed E-state index contributed by atoms with van der Waals surface area (Å²) in [7, 11) is 1.65. The molecule has 0 aliphatic rings. The second kappa shape index (κ2) is 8.42. The number of halogens is 1. The van der Waals surface area contributed by atoms with Crippen molar-refractivity contribution < 1.29 is 14.2 Å². The van der Waals surface area contributed by atoms with Crippen LogP contribution in [0.15, 0.2) is 48.5 Å². The first-order chi connectivity index (χ1) is 10.3. The Kier molecular flexibility index (Phi) is 6.22. The number of hydrogen-bond acceptors (Lipinski definition) is 3. The van der Waals surface area contributed by atoms with Gasteiger partial charge in [0.2, 0.25) is 0 Å². The van der Waals surface area contributed by atoms with Gasteiger partial charge in [0.25, 0.3) is 0 Å². The largest absolute Gasteiger partial charge is 0.497 e. The van der Waals surface area contributed by atoms with Gasteiger partial charge in [-0.15, -0.1) is 0 Å². The number of benzene rings is 2. The SMILES string of the molecule is COc1ccc(OCCCCOc2ccc(Cl)cc2)cc1. The van der Waals surface area contributed by atoms with Crippen molar-refractivity contribution in [3.8, 4) is 17.2 Å². The maximum absolute atomic E-state index is 5.81. The fourth-order valence-electron chi connectivity index (χ4n) is 1.79. The average Bonchev–Trinajstić information content (AvgIpc) is 2.53. The first-order valence-corrected chi connectivity index (χ1v) is 7.31. The van der Waals surface area contributed by atoms with Crippen molar-refractivity contribution in [2.75, 3.05) is 20.3 Å². The van der Waals surface area contributed by atoms with Gasteiger partial charge in [0, 0.05) is 5.02 Å². The number of unbranched alkanes of at least 4 members (excludes halogenated alkanes) is 1. The van der Waals surface area contributed by atoms with E-state index in [1.807, 2.05) is 48.5 Å². The summed E-state index contributed by atoms with van der Waals surface area (Å²) < 4.78 is 16.4. The highest BCUT2D eigenvalue weighted by atomic mass is 35.5. The molecule has 0 unspecified atom stereocenters. The standard InChI is InChI=1S/C17H19ClO3/c1-19-15-8-10-17(11-9-15)21-13-3-2-12-20-16-6-4-14(18)5-7-16/h4-11H,2-3,12-13H2,1H3. The molecule has 112 valence electrons. The minimum Gasteiger partial charge on any atom is -0.497 e. The molecule has 0 spiro atoms. The molecule has 0 saturated carbocycles. The topological polar surface area (TPSA) is 27.7 Å². The maximum atomic E-state index is 5.81. The molecule has 0 amide bonds. The van der Waals surface area contributed by atoms with Crippen LogP contribution in [-0.4, -0.2) is 20.3 Å². The summed E-state index contributed by atoms with van der Waals surface area (Å²) >= 11 is 5.81. The molecule has 2 aromatic rings. The van der Waals surface area contributed by atoms with Crippen LogP contribution in [0.3, 0.4) is 0 Å². The molecule has 0 radical (unpaired) electrons. The van der Waals surface area contributed by atoms with Gasteiger partial charge < -0.3 is 14.2 Å². The lowest BCUT2D eigenvalue weighted by Crippen LogP contribution is -2.02. The average molecular weight is 307 g/mol. The molecular formula is C17H19ClO3. The lowest BCUT2D eigenvalue weighted by Gasteiger charge is -2.08. The molecule has 0 aromatic heterocycles. The van der Waals surface area contributed by atoms with Crippen molar-refractivity contribution in [1.29, 1.82) is 0 Å². The fraction of sp³-hybridized carbons (Fsp3) is 0.294. The van der Waals surface area contributed by atoms with Crippen molar-refractivity contribution in [2.45, 2.75) is 12.8 Å². The van der Waals surface area contributed by atoms with Crippen LogP contribution in [0.1, 0.15) is 12.8 Å². The Morgan fingerprint density at radius 1 is 0.714 bits per heavy atom. The molecule has 0 atom stereocenters. The molecule has 2 aromatic carbocycles. The van der Waals surface area contributed by atoms with Crippen LogP contribution in [0.5, 0.6) is 17.2 Å². The number of ether oxygens (including phenoxy) is 3. The van der Waals surface area contributed by atoms with Gasteiger partial charge in [0.15, 0.2) is 0 Å². The van der Waals surface area contributed by atoms with Crippen LogP contribution in [-0.2, 0) is 0 Å². The lowest BCUT2D eigenvalue weighted by molar-refractivity contribution is 0.266. The van der Waals surface area contributed by atoms with Crippen LogP contribution >= 0.6 is 11.6 Å². The quantitative estimate of drug-likeness (QED) is 0.668. The fourth-order valence-corrected chi connectivity index (χ4v) is 1.91. The Morgan fingerprint density at radius 2 is 1.14 bits per heavy atom. The molecule has 0 aliphatic heterocycles. The van der Waals surface area contributed by atoms with Gasteiger partial charge in [0.1, 0.15) is 17.2 Å². The summed E-state index contributed by atoms with van der Waals surface area (Å²) in [6, 6.07) is 15.0. The number of methoxy groups -OCH3 is 1. The molecule has 0 heterocycles. The van der Waals surface area contributed by atoms with Crippen molar-refractivity contribution >= 4 is 11.6 Å². The zero-order valence-corrected chi connectivity index (χ0v) is 12.8. The summed E-state index contributed by atoms with van der Waals surface area (Å²) in [5, 5.41) is 0.718. The highest BCUT2D eigenvalue weighted by Gasteiger charge is 1.97. The normalized spacial score (nSPS) is 10.2. The first kappa shape index (κ1) is 15.5. The van der Waals surface area contributed by atoms with Crippen LogP contribution in [0, 0.1) is 0 Å². The predicted molar refractivity (Wildman–Crippen MR) is 84.7 cm³/mol. The summed E-state index contributed by atoms with van der Waals surface area (Å²) in [5.41, 5.74) is 0. The van der Waals surface area contributed by atoms with E-state index in [1.165, 1.54) is 0 Å². The van der Waals surface area contributed by atoms with Crippen molar-refractivity contribution in [1.82, 2.24) is 0 Å². The molecule has 0 saturated heterocycles. The predicted octanol–water partition coefficient (Wildman–Crippen LogP) is 4.59. The van der Waals surface area contributed by atoms with Crippen molar-refractivity contribution in [2.24, 2.45) is 0 Å². The van der Waals surface area contributed by atoms with Gasteiger partial charge in [-0.1, -0.05) is 11.6 Å². The van der Waals surface area contributed by atoms with Crippen LogP contribution < -0.4 is 14.2 Å². The monoisotopic (exact) mass is 306 g/mol. The summed E-state index contributed by atoms with van der Waals surface area (Å²) in [6.45, 7) is 1.35. The third kappa shape index (κ3) is 5.56. The molecule has 0 N–H and O–H groups in total. The Labute approximate surface area is 130 Å². The molecule has 0 aliphatic carbocycles. The summed E-state index contributed by atoms with van der Waals surface area (Å²) in [4.78, 5) is 0. The summed E-state index contributed by atoms with van der Waals surface area (Å²) in [5.74, 6) is 2.53. The molecule has 0 fully saturated rings. The van der Waals surface area contributed by atoms with Gasteiger partial charge in [0.05, 0.1) is 20.3 Å². The van der Waals surface area contributed by atoms with Gasteiger partial charge in [-0.2, -0.15) is 0 Å². The lowest BCUT2D eigenvalue weighted by atomic mass is 10.3. The van der Waals surface area contributed by atoms with E-state index in [0.29, 0.717) is 13.2 Å². The molecule has 2 rings (SSSR count). The molecule has 4 heteroatoms. The Balaban J connectivity index is 1.58. The second-order valence-electron chi connectivity index (χ2n) is 4.53. The Bertz CT molecular complexity index is 523. The molecule has 21 heavy (non-hydrogen) atoms. The van der Waals surface area contributed by atoms with E-state index in [1.54, 1.807) is 7.11 Å². The molecule has 0 bridgehead atoms. The van der Waals surface area contributed by atoms with Crippen LogP contribution in [0.4, 0.5) is 0 Å².